The third-order valence-electron chi connectivity index (χ3n) is 4.46. The maximum Gasteiger partial charge on any atom is 0.453 e. The van der Waals surface area contributed by atoms with E-state index in [-0.39, 0.29) is 0 Å². The van der Waals surface area contributed by atoms with Crippen LogP contribution in [0, 0.1) is 5.92 Å². The van der Waals surface area contributed by atoms with E-state index in [2.05, 4.69) is 10.1 Å². The molecule has 1 saturated heterocycles. The fourth-order valence-corrected chi connectivity index (χ4v) is 3.20. The molecule has 2 aliphatic rings. The van der Waals surface area contributed by atoms with E-state index < -0.39 is 12.0 Å². The standard InChI is InChI=1S/C13H19F3N4/c1-19-12(17-11(18-19)13(14,15)16)20-7-3-6-10(20)8-9-4-2-5-9/h9-10H,2-8H2,1H3. The smallest absolute Gasteiger partial charge is 0.338 e. The van der Waals surface area contributed by atoms with Crippen LogP contribution in [0.1, 0.15) is 44.3 Å². The molecule has 3 rings (SSSR count). The predicted octanol–water partition coefficient (Wildman–Crippen LogP) is 2.99. The molecular weight excluding hydrogens is 269 g/mol. The van der Waals surface area contributed by atoms with Crippen molar-refractivity contribution >= 4 is 5.95 Å². The topological polar surface area (TPSA) is 34.0 Å². The molecule has 2 fully saturated rings. The van der Waals surface area contributed by atoms with Gasteiger partial charge in [0.2, 0.25) is 5.95 Å². The Morgan fingerprint density at radius 1 is 1.20 bits per heavy atom. The zero-order chi connectivity index (χ0) is 14.3. The van der Waals surface area contributed by atoms with E-state index in [0.717, 1.165) is 31.7 Å². The van der Waals surface area contributed by atoms with Crippen LogP contribution in [0.5, 0.6) is 0 Å². The molecule has 1 unspecified atom stereocenters. The molecule has 20 heavy (non-hydrogen) atoms. The van der Waals surface area contributed by atoms with Crippen molar-refractivity contribution in [2.45, 2.75) is 50.7 Å². The lowest BCUT2D eigenvalue weighted by atomic mass is 9.80. The third-order valence-corrected chi connectivity index (χ3v) is 4.46. The van der Waals surface area contributed by atoms with Gasteiger partial charge in [-0.25, -0.2) is 4.68 Å². The summed E-state index contributed by atoms with van der Waals surface area (Å²) >= 11 is 0. The first-order valence-electron chi connectivity index (χ1n) is 7.20. The van der Waals surface area contributed by atoms with Crippen molar-refractivity contribution in [3.8, 4) is 0 Å². The van der Waals surface area contributed by atoms with E-state index in [1.165, 1.54) is 31.0 Å². The molecule has 0 bridgehead atoms. The summed E-state index contributed by atoms with van der Waals surface area (Å²) in [6.07, 6.45) is 2.48. The number of hydrogen-bond donors (Lipinski definition) is 0. The van der Waals surface area contributed by atoms with Crippen LogP contribution >= 0.6 is 0 Å². The number of rotatable bonds is 3. The normalized spacial score (nSPS) is 24.2. The zero-order valence-corrected chi connectivity index (χ0v) is 11.5. The van der Waals surface area contributed by atoms with Gasteiger partial charge in [0.1, 0.15) is 0 Å². The Bertz CT molecular complexity index is 478. The monoisotopic (exact) mass is 288 g/mol. The lowest BCUT2D eigenvalue weighted by Crippen LogP contribution is -2.34. The highest BCUT2D eigenvalue weighted by Crippen LogP contribution is 2.36. The minimum Gasteiger partial charge on any atom is -0.338 e. The molecule has 0 N–H and O–H groups in total. The molecule has 1 aromatic rings. The zero-order valence-electron chi connectivity index (χ0n) is 11.5. The first kappa shape index (κ1) is 13.7. The summed E-state index contributed by atoms with van der Waals surface area (Å²) in [6.45, 7) is 0.779. The molecule has 7 heteroatoms. The number of halogens is 3. The molecule has 1 aromatic heterocycles. The maximum atomic E-state index is 12.7. The number of anilines is 1. The minimum absolute atomic E-state index is 0.323. The van der Waals surface area contributed by atoms with Crippen LogP contribution in [0.2, 0.25) is 0 Å². The van der Waals surface area contributed by atoms with E-state index in [1.54, 1.807) is 0 Å². The molecular formula is C13H19F3N4. The van der Waals surface area contributed by atoms with Crippen LogP contribution in [-0.4, -0.2) is 27.4 Å². The highest BCUT2D eigenvalue weighted by Gasteiger charge is 2.39. The minimum atomic E-state index is -4.47. The number of nitrogens with zero attached hydrogens (tertiary/aromatic N) is 4. The molecule has 1 saturated carbocycles. The maximum absolute atomic E-state index is 12.7. The highest BCUT2D eigenvalue weighted by atomic mass is 19.4. The van der Waals surface area contributed by atoms with Crippen molar-refractivity contribution in [3.63, 3.8) is 0 Å². The van der Waals surface area contributed by atoms with Gasteiger partial charge >= 0.3 is 6.18 Å². The molecule has 0 radical (unpaired) electrons. The van der Waals surface area contributed by atoms with Gasteiger partial charge in [0.15, 0.2) is 0 Å². The van der Waals surface area contributed by atoms with Gasteiger partial charge in [-0.15, -0.1) is 5.10 Å². The van der Waals surface area contributed by atoms with Crippen molar-refractivity contribution in [3.05, 3.63) is 5.82 Å². The van der Waals surface area contributed by atoms with Crippen LogP contribution < -0.4 is 4.90 Å². The SMILES string of the molecule is Cn1nc(C(F)(F)F)nc1N1CCCC1CC1CCC1. The largest absolute Gasteiger partial charge is 0.453 e. The third kappa shape index (κ3) is 2.50. The first-order valence-corrected chi connectivity index (χ1v) is 7.20. The Morgan fingerprint density at radius 2 is 1.95 bits per heavy atom. The van der Waals surface area contributed by atoms with Crippen molar-refractivity contribution < 1.29 is 13.2 Å². The number of aryl methyl sites for hydroxylation is 1. The van der Waals surface area contributed by atoms with Crippen molar-refractivity contribution in [1.29, 1.82) is 0 Å². The van der Waals surface area contributed by atoms with Crippen LogP contribution in [0.4, 0.5) is 19.1 Å². The average molecular weight is 288 g/mol. The van der Waals surface area contributed by atoms with E-state index >= 15 is 0 Å². The lowest BCUT2D eigenvalue weighted by molar-refractivity contribution is -0.144. The molecule has 1 aliphatic heterocycles. The number of alkyl halides is 3. The van der Waals surface area contributed by atoms with Crippen molar-refractivity contribution in [2.75, 3.05) is 11.4 Å². The summed E-state index contributed by atoms with van der Waals surface area (Å²) < 4.78 is 39.3. The molecule has 112 valence electrons. The van der Waals surface area contributed by atoms with Gasteiger partial charge in [-0.1, -0.05) is 19.3 Å². The van der Waals surface area contributed by atoms with E-state index in [9.17, 15) is 13.2 Å². The first-order chi connectivity index (χ1) is 9.45. The summed E-state index contributed by atoms with van der Waals surface area (Å²) in [6, 6.07) is 0.323. The van der Waals surface area contributed by atoms with Gasteiger partial charge in [-0.05, 0) is 25.2 Å². The van der Waals surface area contributed by atoms with Gasteiger partial charge in [0, 0.05) is 19.6 Å². The Hall–Kier alpha value is -1.27. The summed E-state index contributed by atoms with van der Waals surface area (Å²) in [5.41, 5.74) is 0. The van der Waals surface area contributed by atoms with Gasteiger partial charge in [0.05, 0.1) is 0 Å². The Kier molecular flexibility index (Phi) is 3.38. The Morgan fingerprint density at radius 3 is 2.50 bits per heavy atom. The predicted molar refractivity (Wildman–Crippen MR) is 68.3 cm³/mol. The molecule has 0 aromatic carbocycles. The number of hydrogen-bond acceptors (Lipinski definition) is 3. The van der Waals surface area contributed by atoms with Crippen LogP contribution in [-0.2, 0) is 13.2 Å². The lowest BCUT2D eigenvalue weighted by Gasteiger charge is -2.32. The van der Waals surface area contributed by atoms with Gasteiger partial charge in [-0.2, -0.15) is 18.2 Å². The Labute approximate surface area is 116 Å². The number of aromatic nitrogens is 3. The molecule has 1 atom stereocenters. The average Bonchev–Trinajstić information content (AvgIpc) is 2.88. The second-order valence-corrected chi connectivity index (χ2v) is 5.88. The van der Waals surface area contributed by atoms with E-state index in [1.807, 2.05) is 4.90 Å². The fourth-order valence-electron chi connectivity index (χ4n) is 3.20. The summed E-state index contributed by atoms with van der Waals surface area (Å²) in [4.78, 5) is 5.73. The van der Waals surface area contributed by atoms with Crippen LogP contribution in [0.3, 0.4) is 0 Å². The van der Waals surface area contributed by atoms with E-state index in [0.29, 0.717) is 12.0 Å². The highest BCUT2D eigenvalue weighted by molar-refractivity contribution is 5.34. The summed E-state index contributed by atoms with van der Waals surface area (Å²) in [5, 5.41) is 3.51. The molecule has 1 aliphatic carbocycles. The Balaban J connectivity index is 1.78. The van der Waals surface area contributed by atoms with Crippen LogP contribution in [0.15, 0.2) is 0 Å². The summed E-state index contributed by atoms with van der Waals surface area (Å²) in [5.74, 6) is 0.0688. The molecule has 4 nitrogen and oxygen atoms in total. The second kappa shape index (κ2) is 4.93. The van der Waals surface area contributed by atoms with Gasteiger partial charge in [-0.3, -0.25) is 0 Å². The van der Waals surface area contributed by atoms with Crippen molar-refractivity contribution in [2.24, 2.45) is 13.0 Å². The van der Waals surface area contributed by atoms with Gasteiger partial charge < -0.3 is 4.90 Å². The van der Waals surface area contributed by atoms with Gasteiger partial charge in [0.25, 0.3) is 5.82 Å². The summed E-state index contributed by atoms with van der Waals surface area (Å²) in [7, 11) is 1.54. The van der Waals surface area contributed by atoms with Crippen molar-refractivity contribution in [1.82, 2.24) is 14.8 Å². The van der Waals surface area contributed by atoms with E-state index in [4.69, 9.17) is 0 Å². The second-order valence-electron chi connectivity index (χ2n) is 5.88. The molecule has 0 spiro atoms. The molecule has 0 amide bonds. The fraction of sp³-hybridized carbons (Fsp3) is 0.846. The molecule has 2 heterocycles. The quantitative estimate of drug-likeness (QED) is 0.857. The van der Waals surface area contributed by atoms with Crippen LogP contribution in [0.25, 0.3) is 0 Å².